The number of nitrogens with one attached hydrogen (secondary N) is 2. The van der Waals surface area contributed by atoms with Crippen molar-refractivity contribution in [3.8, 4) is 0 Å². The summed E-state index contributed by atoms with van der Waals surface area (Å²) in [6.07, 6.45) is 2.64. The van der Waals surface area contributed by atoms with Gasteiger partial charge in [-0.3, -0.25) is 0 Å². The predicted molar refractivity (Wildman–Crippen MR) is 106 cm³/mol. The number of thioether (sulfide) groups is 1. The number of anilines is 4. The number of nitrogens with zero attached hydrogens (tertiary/aromatic N) is 2. The average molecular weight is 369 g/mol. The molecular formula is C19H17ClN4S. The Balaban J connectivity index is 1.73. The quantitative estimate of drug-likeness (QED) is 0.555. The van der Waals surface area contributed by atoms with E-state index in [1.54, 1.807) is 6.20 Å². The first-order chi connectivity index (χ1) is 12.3. The van der Waals surface area contributed by atoms with E-state index < -0.39 is 0 Å². The zero-order valence-corrected chi connectivity index (χ0v) is 15.1. The highest BCUT2D eigenvalue weighted by atomic mass is 35.5. The summed E-state index contributed by atoms with van der Waals surface area (Å²) in [6, 6.07) is 16.7. The molecule has 4 rings (SSSR count). The molecule has 0 aliphatic carbocycles. The fourth-order valence-corrected chi connectivity index (χ4v) is 3.78. The molecule has 126 valence electrons. The third kappa shape index (κ3) is 4.06. The van der Waals surface area contributed by atoms with Gasteiger partial charge in [-0.25, -0.2) is 4.98 Å². The zero-order valence-electron chi connectivity index (χ0n) is 13.5. The Hall–Kier alpha value is -2.24. The number of hydrogen-bond donors (Lipinski definition) is 2. The lowest BCUT2D eigenvalue weighted by atomic mass is 10.1. The average Bonchev–Trinajstić information content (AvgIpc) is 2.62. The van der Waals surface area contributed by atoms with Crippen molar-refractivity contribution in [1.29, 1.82) is 0 Å². The molecular weight excluding hydrogens is 352 g/mol. The maximum atomic E-state index is 6.27. The Morgan fingerprint density at radius 1 is 0.960 bits per heavy atom. The third-order valence-corrected chi connectivity index (χ3v) is 5.23. The van der Waals surface area contributed by atoms with E-state index in [0.717, 1.165) is 29.3 Å². The highest BCUT2D eigenvalue weighted by Gasteiger charge is 2.08. The molecule has 1 aliphatic rings. The Kier molecular flexibility index (Phi) is 4.76. The predicted octanol–water partition coefficient (Wildman–Crippen LogP) is 5.41. The van der Waals surface area contributed by atoms with Crippen LogP contribution in [0, 0.1) is 0 Å². The first-order valence-corrected chi connectivity index (χ1v) is 9.62. The van der Waals surface area contributed by atoms with Crippen molar-refractivity contribution in [3.63, 3.8) is 0 Å². The van der Waals surface area contributed by atoms with E-state index in [0.29, 0.717) is 16.8 Å². The Labute approximate surface area is 156 Å². The van der Waals surface area contributed by atoms with Crippen LogP contribution in [0.25, 0.3) is 0 Å². The monoisotopic (exact) mass is 368 g/mol. The molecule has 0 atom stereocenters. The van der Waals surface area contributed by atoms with Crippen LogP contribution in [0.15, 0.2) is 54.7 Å². The maximum absolute atomic E-state index is 6.27. The molecule has 0 amide bonds. The molecule has 0 radical (unpaired) electrons. The molecule has 3 aromatic rings. The molecule has 1 aromatic heterocycles. The Bertz CT molecular complexity index is 900. The largest absolute Gasteiger partial charge is 0.339 e. The number of fused-ring (bicyclic) bond motifs is 6. The van der Waals surface area contributed by atoms with E-state index in [9.17, 15) is 0 Å². The van der Waals surface area contributed by atoms with Crippen molar-refractivity contribution >= 4 is 46.5 Å². The van der Waals surface area contributed by atoms with Gasteiger partial charge in [-0.05, 0) is 47.6 Å². The highest BCUT2D eigenvalue weighted by Crippen LogP contribution is 2.27. The van der Waals surface area contributed by atoms with Gasteiger partial charge in [0, 0.05) is 17.1 Å². The van der Waals surface area contributed by atoms with E-state index in [1.165, 1.54) is 11.1 Å². The second-order valence-corrected chi connectivity index (χ2v) is 7.36. The number of hydrogen-bond acceptors (Lipinski definition) is 5. The molecule has 0 saturated heterocycles. The van der Waals surface area contributed by atoms with Crippen LogP contribution in [-0.4, -0.2) is 15.7 Å². The van der Waals surface area contributed by atoms with Gasteiger partial charge >= 0.3 is 0 Å². The molecule has 2 aromatic carbocycles. The van der Waals surface area contributed by atoms with Gasteiger partial charge in [-0.2, -0.15) is 16.7 Å². The smallest absolute Gasteiger partial charge is 0.229 e. The van der Waals surface area contributed by atoms with Crippen LogP contribution >= 0.6 is 23.4 Å². The van der Waals surface area contributed by atoms with Gasteiger partial charge in [0.05, 0.1) is 6.20 Å². The van der Waals surface area contributed by atoms with Crippen molar-refractivity contribution < 1.29 is 0 Å². The second-order valence-electron chi connectivity index (χ2n) is 5.84. The van der Waals surface area contributed by atoms with Crippen LogP contribution in [0.2, 0.25) is 5.02 Å². The summed E-state index contributed by atoms with van der Waals surface area (Å²) in [5, 5.41) is 7.04. The van der Waals surface area contributed by atoms with Crippen molar-refractivity contribution in [3.05, 3.63) is 70.9 Å². The molecule has 4 nitrogen and oxygen atoms in total. The van der Waals surface area contributed by atoms with E-state index >= 15 is 0 Å². The standard InChI is InChI=1S/C19H17ClN4S/c20-17-11-21-19-23-16-6-1-3-13(9-16)7-8-25-12-14-4-2-5-15(10-14)22-18(17)24-19/h1-6,9-11H,7-8,12H2,(H2,21,22,23,24). The normalized spacial score (nSPS) is 13.8. The van der Waals surface area contributed by atoms with Crippen LogP contribution in [0.4, 0.5) is 23.1 Å². The summed E-state index contributed by atoms with van der Waals surface area (Å²) in [5.41, 5.74) is 4.53. The highest BCUT2D eigenvalue weighted by molar-refractivity contribution is 7.98. The molecule has 6 bridgehead atoms. The molecule has 0 saturated carbocycles. The van der Waals surface area contributed by atoms with E-state index in [-0.39, 0.29) is 0 Å². The first-order valence-electron chi connectivity index (χ1n) is 8.08. The summed E-state index contributed by atoms with van der Waals surface area (Å²) >= 11 is 8.20. The second kappa shape index (κ2) is 7.33. The fourth-order valence-electron chi connectivity index (χ4n) is 2.70. The van der Waals surface area contributed by atoms with E-state index in [2.05, 4.69) is 50.9 Å². The zero-order chi connectivity index (χ0) is 17.1. The third-order valence-electron chi connectivity index (χ3n) is 3.92. The molecule has 1 aliphatic heterocycles. The van der Waals surface area contributed by atoms with Gasteiger partial charge in [-0.1, -0.05) is 35.9 Å². The number of rotatable bonds is 0. The molecule has 2 N–H and O–H groups in total. The van der Waals surface area contributed by atoms with Crippen molar-refractivity contribution in [2.75, 3.05) is 16.4 Å². The molecule has 0 spiro atoms. The van der Waals surface area contributed by atoms with Gasteiger partial charge in [-0.15, -0.1) is 0 Å². The SMILES string of the molecule is Clc1cnc2nc1Nc1cccc(c1)CSCCc1cccc(c1)N2. The summed E-state index contributed by atoms with van der Waals surface area (Å²) in [5.74, 6) is 3.17. The van der Waals surface area contributed by atoms with Crippen molar-refractivity contribution in [2.45, 2.75) is 12.2 Å². The first kappa shape index (κ1) is 16.2. The number of halogens is 1. The van der Waals surface area contributed by atoms with Gasteiger partial charge in [0.25, 0.3) is 0 Å². The summed E-state index contributed by atoms with van der Waals surface area (Å²) < 4.78 is 0. The van der Waals surface area contributed by atoms with Gasteiger partial charge in [0.15, 0.2) is 5.82 Å². The molecule has 2 heterocycles. The van der Waals surface area contributed by atoms with E-state index in [4.69, 9.17) is 11.6 Å². The lowest BCUT2D eigenvalue weighted by molar-refractivity contribution is 1.14. The fraction of sp³-hybridized carbons (Fsp3) is 0.158. The number of benzene rings is 2. The molecule has 6 heteroatoms. The summed E-state index contributed by atoms with van der Waals surface area (Å²) in [7, 11) is 0. The topological polar surface area (TPSA) is 49.8 Å². The maximum Gasteiger partial charge on any atom is 0.229 e. The van der Waals surface area contributed by atoms with Gasteiger partial charge < -0.3 is 10.6 Å². The van der Waals surface area contributed by atoms with Gasteiger partial charge in [0.1, 0.15) is 5.02 Å². The summed E-state index contributed by atoms with van der Waals surface area (Å²) in [4.78, 5) is 8.80. The number of aryl methyl sites for hydroxylation is 1. The lowest BCUT2D eigenvalue weighted by Gasteiger charge is -2.11. The molecule has 25 heavy (non-hydrogen) atoms. The van der Waals surface area contributed by atoms with Crippen LogP contribution in [0.1, 0.15) is 11.1 Å². The minimum absolute atomic E-state index is 0.489. The van der Waals surface area contributed by atoms with Crippen LogP contribution in [-0.2, 0) is 12.2 Å². The molecule has 0 unspecified atom stereocenters. The van der Waals surface area contributed by atoms with Crippen LogP contribution in [0.5, 0.6) is 0 Å². The lowest BCUT2D eigenvalue weighted by Crippen LogP contribution is -2.02. The minimum Gasteiger partial charge on any atom is -0.339 e. The molecule has 0 fully saturated rings. The number of aromatic nitrogens is 2. The summed E-state index contributed by atoms with van der Waals surface area (Å²) in [6.45, 7) is 0. The van der Waals surface area contributed by atoms with Crippen LogP contribution < -0.4 is 10.6 Å². The Morgan fingerprint density at radius 3 is 2.60 bits per heavy atom. The minimum atomic E-state index is 0.489. The Morgan fingerprint density at radius 2 is 1.72 bits per heavy atom. The van der Waals surface area contributed by atoms with Crippen molar-refractivity contribution in [1.82, 2.24) is 9.97 Å². The van der Waals surface area contributed by atoms with Crippen molar-refractivity contribution in [2.24, 2.45) is 0 Å². The van der Waals surface area contributed by atoms with Gasteiger partial charge in [0.2, 0.25) is 5.95 Å². The van der Waals surface area contributed by atoms with E-state index in [1.807, 2.05) is 30.0 Å². The van der Waals surface area contributed by atoms with Crippen LogP contribution in [0.3, 0.4) is 0 Å².